The van der Waals surface area contributed by atoms with Gasteiger partial charge in [-0.15, -0.1) is 0 Å². The number of hydrogen-bond acceptors (Lipinski definition) is 3. The zero-order valence-corrected chi connectivity index (χ0v) is 16.2. The molecule has 0 fully saturated rings. The molecule has 0 aliphatic rings. The van der Waals surface area contributed by atoms with Crippen LogP contribution >= 0.6 is 27.5 Å². The maximum atomic E-state index is 12.3. The maximum absolute atomic E-state index is 12.3. The highest BCUT2D eigenvalue weighted by molar-refractivity contribution is 9.10. The Balaban J connectivity index is 2.10. The van der Waals surface area contributed by atoms with Gasteiger partial charge in [0.1, 0.15) is 0 Å². The summed E-state index contributed by atoms with van der Waals surface area (Å²) in [7, 11) is -3.79. The van der Waals surface area contributed by atoms with Crippen molar-refractivity contribution in [2.45, 2.75) is 24.8 Å². The topological polar surface area (TPSA) is 75.3 Å². The monoisotopic (exact) mass is 430 g/mol. The Hall–Kier alpha value is -1.41. The van der Waals surface area contributed by atoms with Gasteiger partial charge in [0.2, 0.25) is 15.9 Å². The van der Waals surface area contributed by atoms with E-state index in [1.807, 2.05) is 6.92 Å². The van der Waals surface area contributed by atoms with Crippen molar-refractivity contribution in [2.75, 3.05) is 5.32 Å². The summed E-state index contributed by atoms with van der Waals surface area (Å²) in [6.45, 7) is 3.30. The van der Waals surface area contributed by atoms with Gasteiger partial charge >= 0.3 is 0 Å². The van der Waals surface area contributed by atoms with Gasteiger partial charge in [0, 0.05) is 15.2 Å². The van der Waals surface area contributed by atoms with Crippen LogP contribution in [-0.2, 0) is 14.8 Å². The molecule has 0 aliphatic heterocycles. The first kappa shape index (κ1) is 18.9. The Morgan fingerprint density at radius 3 is 2.42 bits per heavy atom. The second-order valence-electron chi connectivity index (χ2n) is 5.25. The summed E-state index contributed by atoms with van der Waals surface area (Å²) in [5, 5.41) is 3.16. The summed E-state index contributed by atoms with van der Waals surface area (Å²) in [5.74, 6) is -0.471. The predicted molar refractivity (Wildman–Crippen MR) is 98.7 cm³/mol. The summed E-state index contributed by atoms with van der Waals surface area (Å²) >= 11 is 9.16. The van der Waals surface area contributed by atoms with Gasteiger partial charge < -0.3 is 5.32 Å². The molecule has 0 radical (unpaired) electrons. The van der Waals surface area contributed by atoms with E-state index in [0.717, 1.165) is 10.0 Å². The summed E-state index contributed by atoms with van der Waals surface area (Å²) < 4.78 is 27.7. The number of carbonyl (C=O) groups excluding carboxylic acids is 1. The van der Waals surface area contributed by atoms with E-state index in [4.69, 9.17) is 11.6 Å². The van der Waals surface area contributed by atoms with Crippen molar-refractivity contribution in [3.63, 3.8) is 0 Å². The minimum absolute atomic E-state index is 0.0873. The number of amides is 1. The van der Waals surface area contributed by atoms with Crippen molar-refractivity contribution >= 4 is 49.1 Å². The van der Waals surface area contributed by atoms with E-state index in [9.17, 15) is 13.2 Å². The molecule has 24 heavy (non-hydrogen) atoms. The lowest BCUT2D eigenvalue weighted by molar-refractivity contribution is -0.117. The van der Waals surface area contributed by atoms with Crippen LogP contribution in [0.25, 0.3) is 0 Å². The molecule has 0 heterocycles. The highest BCUT2D eigenvalue weighted by atomic mass is 79.9. The van der Waals surface area contributed by atoms with Gasteiger partial charge in [0.05, 0.1) is 10.9 Å². The smallest absolute Gasteiger partial charge is 0.242 e. The van der Waals surface area contributed by atoms with Crippen molar-refractivity contribution < 1.29 is 13.2 Å². The SMILES string of the molecule is Cc1ccc(Cl)cc1NC(=O)[C@H](C)NS(=O)(=O)c1ccc(Br)cc1. The van der Waals surface area contributed by atoms with E-state index in [1.54, 1.807) is 30.3 Å². The number of halogens is 2. The average molecular weight is 432 g/mol. The fourth-order valence-corrected chi connectivity index (χ4v) is 3.58. The van der Waals surface area contributed by atoms with E-state index in [1.165, 1.54) is 19.1 Å². The Morgan fingerprint density at radius 2 is 1.79 bits per heavy atom. The van der Waals surface area contributed by atoms with Gasteiger partial charge in [-0.1, -0.05) is 33.6 Å². The number of sulfonamides is 1. The van der Waals surface area contributed by atoms with Gasteiger partial charge in [-0.25, -0.2) is 8.42 Å². The Labute approximate surface area is 154 Å². The van der Waals surface area contributed by atoms with Crippen LogP contribution in [0.2, 0.25) is 5.02 Å². The lowest BCUT2D eigenvalue weighted by atomic mass is 10.2. The molecule has 0 bridgehead atoms. The highest BCUT2D eigenvalue weighted by Crippen LogP contribution is 2.20. The van der Waals surface area contributed by atoms with Crippen molar-refractivity contribution in [2.24, 2.45) is 0 Å². The summed E-state index contributed by atoms with van der Waals surface area (Å²) in [6, 6.07) is 10.3. The minimum atomic E-state index is -3.79. The number of benzene rings is 2. The third-order valence-electron chi connectivity index (χ3n) is 3.31. The summed E-state index contributed by atoms with van der Waals surface area (Å²) in [4.78, 5) is 12.3. The van der Waals surface area contributed by atoms with Crippen LogP contribution < -0.4 is 10.0 Å². The number of rotatable bonds is 5. The van der Waals surface area contributed by atoms with Gasteiger partial charge in [0.25, 0.3) is 0 Å². The maximum Gasteiger partial charge on any atom is 0.242 e. The third-order valence-corrected chi connectivity index (χ3v) is 5.63. The van der Waals surface area contributed by atoms with Crippen molar-refractivity contribution in [3.05, 3.63) is 57.5 Å². The molecule has 2 N–H and O–H groups in total. The molecule has 1 amide bonds. The van der Waals surface area contributed by atoms with Crippen LogP contribution in [0.15, 0.2) is 51.8 Å². The first-order chi connectivity index (χ1) is 11.2. The van der Waals surface area contributed by atoms with E-state index < -0.39 is 22.0 Å². The summed E-state index contributed by atoms with van der Waals surface area (Å²) in [6.07, 6.45) is 0. The number of nitrogens with one attached hydrogen (secondary N) is 2. The largest absolute Gasteiger partial charge is 0.324 e. The van der Waals surface area contributed by atoms with E-state index in [0.29, 0.717) is 10.7 Å². The van der Waals surface area contributed by atoms with Crippen LogP contribution in [-0.4, -0.2) is 20.4 Å². The van der Waals surface area contributed by atoms with E-state index >= 15 is 0 Å². The molecule has 0 saturated carbocycles. The van der Waals surface area contributed by atoms with Gasteiger partial charge in [-0.3, -0.25) is 4.79 Å². The van der Waals surface area contributed by atoms with Crippen molar-refractivity contribution in [3.8, 4) is 0 Å². The molecule has 2 rings (SSSR count). The second-order valence-corrected chi connectivity index (χ2v) is 8.31. The lowest BCUT2D eigenvalue weighted by Gasteiger charge is -2.16. The third kappa shape index (κ3) is 4.80. The number of carbonyl (C=O) groups is 1. The number of aryl methyl sites for hydroxylation is 1. The van der Waals surface area contributed by atoms with Crippen LogP contribution in [0, 0.1) is 6.92 Å². The fraction of sp³-hybridized carbons (Fsp3) is 0.188. The van der Waals surface area contributed by atoms with Gasteiger partial charge in [-0.05, 0) is 55.8 Å². The standard InChI is InChI=1S/C16H16BrClN2O3S/c1-10-3-6-13(18)9-15(10)19-16(21)11(2)20-24(22,23)14-7-4-12(17)5-8-14/h3-9,11,20H,1-2H3,(H,19,21)/t11-/m0/s1. The van der Waals surface area contributed by atoms with Gasteiger partial charge in [0.15, 0.2) is 0 Å². The first-order valence-electron chi connectivity index (χ1n) is 7.04. The number of hydrogen-bond donors (Lipinski definition) is 2. The lowest BCUT2D eigenvalue weighted by Crippen LogP contribution is -2.41. The molecule has 0 aliphatic carbocycles. The van der Waals surface area contributed by atoms with Crippen molar-refractivity contribution in [1.29, 1.82) is 0 Å². The minimum Gasteiger partial charge on any atom is -0.324 e. The molecule has 0 saturated heterocycles. The molecule has 2 aromatic rings. The van der Waals surface area contributed by atoms with E-state index in [-0.39, 0.29) is 4.90 Å². The fourth-order valence-electron chi connectivity index (χ4n) is 1.94. The molecule has 5 nitrogen and oxygen atoms in total. The molecule has 2 aromatic carbocycles. The van der Waals surface area contributed by atoms with Crippen LogP contribution in [0.4, 0.5) is 5.69 Å². The Morgan fingerprint density at radius 1 is 1.17 bits per heavy atom. The molecule has 128 valence electrons. The second kappa shape index (κ2) is 7.65. The van der Waals surface area contributed by atoms with Crippen LogP contribution in [0.5, 0.6) is 0 Å². The van der Waals surface area contributed by atoms with Crippen LogP contribution in [0.1, 0.15) is 12.5 Å². The molecule has 0 spiro atoms. The van der Waals surface area contributed by atoms with E-state index in [2.05, 4.69) is 26.0 Å². The molecular weight excluding hydrogens is 416 g/mol. The normalized spacial score (nSPS) is 12.7. The molecule has 0 unspecified atom stereocenters. The predicted octanol–water partition coefficient (Wildman–Crippen LogP) is 3.72. The molecule has 0 aromatic heterocycles. The molecular formula is C16H16BrClN2O3S. The van der Waals surface area contributed by atoms with Gasteiger partial charge in [-0.2, -0.15) is 4.72 Å². The quantitative estimate of drug-likeness (QED) is 0.757. The summed E-state index contributed by atoms with van der Waals surface area (Å²) in [5.41, 5.74) is 1.37. The van der Waals surface area contributed by atoms with Crippen molar-refractivity contribution in [1.82, 2.24) is 4.72 Å². The highest BCUT2D eigenvalue weighted by Gasteiger charge is 2.22. The molecule has 8 heteroatoms. The zero-order valence-electron chi connectivity index (χ0n) is 13.0. The first-order valence-corrected chi connectivity index (χ1v) is 9.69. The zero-order chi connectivity index (χ0) is 17.9. The average Bonchev–Trinajstić information content (AvgIpc) is 2.51. The van der Waals surface area contributed by atoms with Crippen LogP contribution in [0.3, 0.4) is 0 Å². The Kier molecular flexibility index (Phi) is 6.03. The number of anilines is 1. The Bertz CT molecular complexity index is 854. The molecule has 1 atom stereocenters.